The highest BCUT2D eigenvalue weighted by atomic mass is 35.5. The minimum Gasteiger partial charge on any atom is -0.375 e. The molecule has 0 saturated heterocycles. The standard InChI is InChI=1S/C21H26ClN3O2/c1-16(26)24-20(17-9-11-18(22)12-10-17)15-21(27)23-13-6-14-25(2)19-7-4-3-5-8-19/h3-5,7-12,20H,6,13-15H2,1-2H3,(H,23,27)(H,24,26). The van der Waals surface area contributed by atoms with Crippen molar-refractivity contribution in [2.24, 2.45) is 0 Å². The maximum Gasteiger partial charge on any atom is 0.222 e. The number of hydrogen-bond donors (Lipinski definition) is 2. The predicted molar refractivity (Wildman–Crippen MR) is 110 cm³/mol. The van der Waals surface area contributed by atoms with E-state index in [2.05, 4.69) is 27.7 Å². The molecule has 0 spiro atoms. The quantitative estimate of drug-likeness (QED) is 0.647. The second kappa shape index (κ2) is 10.6. The number of carbonyl (C=O) groups excluding carboxylic acids is 2. The lowest BCUT2D eigenvalue weighted by Gasteiger charge is -2.20. The lowest BCUT2D eigenvalue weighted by atomic mass is 10.0. The third-order valence-electron chi connectivity index (χ3n) is 4.23. The number of carbonyl (C=O) groups is 2. The van der Waals surface area contributed by atoms with Gasteiger partial charge in [-0.2, -0.15) is 0 Å². The van der Waals surface area contributed by atoms with Gasteiger partial charge in [0, 0.05) is 37.8 Å². The molecule has 6 heteroatoms. The van der Waals surface area contributed by atoms with E-state index in [9.17, 15) is 9.59 Å². The monoisotopic (exact) mass is 387 g/mol. The van der Waals surface area contributed by atoms with Gasteiger partial charge in [0.25, 0.3) is 0 Å². The molecule has 2 aromatic rings. The molecule has 2 aromatic carbocycles. The molecule has 5 nitrogen and oxygen atoms in total. The molecule has 0 fully saturated rings. The van der Waals surface area contributed by atoms with Crippen molar-refractivity contribution in [3.63, 3.8) is 0 Å². The summed E-state index contributed by atoms with van der Waals surface area (Å²) in [4.78, 5) is 25.9. The van der Waals surface area contributed by atoms with Gasteiger partial charge in [-0.05, 0) is 36.2 Å². The fourth-order valence-electron chi connectivity index (χ4n) is 2.81. The Hall–Kier alpha value is -2.53. The van der Waals surface area contributed by atoms with Crippen molar-refractivity contribution in [1.29, 1.82) is 0 Å². The molecule has 0 aromatic heterocycles. The van der Waals surface area contributed by atoms with Crippen molar-refractivity contribution < 1.29 is 9.59 Å². The van der Waals surface area contributed by atoms with Crippen molar-refractivity contribution >= 4 is 29.1 Å². The van der Waals surface area contributed by atoms with Gasteiger partial charge < -0.3 is 15.5 Å². The topological polar surface area (TPSA) is 61.4 Å². The molecule has 0 saturated carbocycles. The molecule has 0 bridgehead atoms. The number of hydrogen-bond acceptors (Lipinski definition) is 3. The zero-order chi connectivity index (χ0) is 19.6. The average Bonchev–Trinajstić information content (AvgIpc) is 2.65. The van der Waals surface area contributed by atoms with Crippen LogP contribution in [0.15, 0.2) is 54.6 Å². The third-order valence-corrected chi connectivity index (χ3v) is 4.48. The second-order valence-electron chi connectivity index (χ2n) is 6.47. The largest absolute Gasteiger partial charge is 0.375 e. The molecule has 0 heterocycles. The van der Waals surface area contributed by atoms with E-state index < -0.39 is 0 Å². The minimum atomic E-state index is -0.369. The van der Waals surface area contributed by atoms with Gasteiger partial charge in [0.05, 0.1) is 12.5 Å². The number of benzene rings is 2. The van der Waals surface area contributed by atoms with E-state index in [0.717, 1.165) is 24.2 Å². The summed E-state index contributed by atoms with van der Waals surface area (Å²) in [7, 11) is 2.03. The van der Waals surface area contributed by atoms with Crippen LogP contribution in [0, 0.1) is 0 Å². The fourth-order valence-corrected chi connectivity index (χ4v) is 2.93. The van der Waals surface area contributed by atoms with Crippen LogP contribution in [-0.4, -0.2) is 32.0 Å². The van der Waals surface area contributed by atoms with Crippen LogP contribution in [0.4, 0.5) is 5.69 Å². The SMILES string of the molecule is CC(=O)NC(CC(=O)NCCCN(C)c1ccccc1)c1ccc(Cl)cc1. The van der Waals surface area contributed by atoms with Crippen LogP contribution in [0.5, 0.6) is 0 Å². The van der Waals surface area contributed by atoms with Crippen LogP contribution < -0.4 is 15.5 Å². The molecule has 0 aliphatic heterocycles. The molecule has 27 heavy (non-hydrogen) atoms. The summed E-state index contributed by atoms with van der Waals surface area (Å²) in [6.07, 6.45) is 1.03. The average molecular weight is 388 g/mol. The highest BCUT2D eigenvalue weighted by Gasteiger charge is 2.17. The van der Waals surface area contributed by atoms with Crippen molar-refractivity contribution in [3.8, 4) is 0 Å². The number of nitrogens with one attached hydrogen (secondary N) is 2. The van der Waals surface area contributed by atoms with Crippen molar-refractivity contribution in [3.05, 3.63) is 65.2 Å². The van der Waals surface area contributed by atoms with E-state index >= 15 is 0 Å². The summed E-state index contributed by atoms with van der Waals surface area (Å²) >= 11 is 5.91. The number of nitrogens with zero attached hydrogens (tertiary/aromatic N) is 1. The summed E-state index contributed by atoms with van der Waals surface area (Å²) in [5, 5.41) is 6.37. The molecule has 0 aliphatic carbocycles. The van der Waals surface area contributed by atoms with E-state index in [1.807, 2.05) is 37.4 Å². The van der Waals surface area contributed by atoms with Crippen LogP contribution in [-0.2, 0) is 9.59 Å². The predicted octanol–water partition coefficient (Wildman–Crippen LogP) is 3.55. The molecule has 0 radical (unpaired) electrons. The molecule has 2 rings (SSSR count). The number of anilines is 1. The van der Waals surface area contributed by atoms with Crippen LogP contribution in [0.2, 0.25) is 5.02 Å². The summed E-state index contributed by atoms with van der Waals surface area (Å²) in [5.41, 5.74) is 2.01. The molecular formula is C21H26ClN3O2. The van der Waals surface area contributed by atoms with Crippen molar-refractivity contribution in [2.75, 3.05) is 25.0 Å². The number of amides is 2. The van der Waals surface area contributed by atoms with E-state index in [4.69, 9.17) is 11.6 Å². The van der Waals surface area contributed by atoms with Gasteiger partial charge in [-0.3, -0.25) is 9.59 Å². The Bertz CT molecular complexity index is 735. The lowest BCUT2D eigenvalue weighted by molar-refractivity contribution is -0.122. The molecule has 2 amide bonds. The molecular weight excluding hydrogens is 362 g/mol. The first-order valence-corrected chi connectivity index (χ1v) is 9.39. The normalized spacial score (nSPS) is 11.5. The molecule has 2 N–H and O–H groups in total. The Morgan fingerprint density at radius 1 is 1.07 bits per heavy atom. The Balaban J connectivity index is 1.79. The van der Waals surface area contributed by atoms with Gasteiger partial charge in [-0.15, -0.1) is 0 Å². The number of para-hydroxylation sites is 1. The van der Waals surface area contributed by atoms with E-state index in [-0.39, 0.29) is 24.3 Å². The fraction of sp³-hybridized carbons (Fsp3) is 0.333. The van der Waals surface area contributed by atoms with Gasteiger partial charge >= 0.3 is 0 Å². The minimum absolute atomic E-state index is 0.0916. The van der Waals surface area contributed by atoms with Gasteiger partial charge in [-0.1, -0.05) is 41.9 Å². The summed E-state index contributed by atoms with van der Waals surface area (Å²) in [5.74, 6) is -0.265. The van der Waals surface area contributed by atoms with E-state index in [1.54, 1.807) is 12.1 Å². The maximum absolute atomic E-state index is 12.3. The second-order valence-corrected chi connectivity index (χ2v) is 6.91. The highest BCUT2D eigenvalue weighted by molar-refractivity contribution is 6.30. The van der Waals surface area contributed by atoms with Gasteiger partial charge in [0.15, 0.2) is 0 Å². The highest BCUT2D eigenvalue weighted by Crippen LogP contribution is 2.19. The Labute approximate surface area is 165 Å². The van der Waals surface area contributed by atoms with E-state index in [1.165, 1.54) is 6.92 Å². The molecule has 1 unspecified atom stereocenters. The smallest absolute Gasteiger partial charge is 0.222 e. The van der Waals surface area contributed by atoms with Crippen molar-refractivity contribution in [1.82, 2.24) is 10.6 Å². The van der Waals surface area contributed by atoms with Crippen LogP contribution >= 0.6 is 11.6 Å². The first-order valence-electron chi connectivity index (χ1n) is 9.01. The number of halogens is 1. The van der Waals surface area contributed by atoms with Crippen LogP contribution in [0.25, 0.3) is 0 Å². The zero-order valence-electron chi connectivity index (χ0n) is 15.7. The van der Waals surface area contributed by atoms with Crippen molar-refractivity contribution in [2.45, 2.75) is 25.8 Å². The first-order chi connectivity index (χ1) is 13.0. The van der Waals surface area contributed by atoms with Gasteiger partial charge in [-0.25, -0.2) is 0 Å². The molecule has 0 aliphatic rings. The van der Waals surface area contributed by atoms with Gasteiger partial charge in [0.2, 0.25) is 11.8 Å². The zero-order valence-corrected chi connectivity index (χ0v) is 16.5. The summed E-state index contributed by atoms with van der Waals surface area (Å²) in [6, 6.07) is 16.9. The summed E-state index contributed by atoms with van der Waals surface area (Å²) < 4.78 is 0. The molecule has 1 atom stereocenters. The lowest BCUT2D eigenvalue weighted by Crippen LogP contribution is -2.33. The van der Waals surface area contributed by atoms with Crippen LogP contribution in [0.3, 0.4) is 0 Å². The third kappa shape index (κ3) is 7.31. The Morgan fingerprint density at radius 3 is 2.37 bits per heavy atom. The summed E-state index contributed by atoms with van der Waals surface area (Å²) in [6.45, 7) is 2.88. The van der Waals surface area contributed by atoms with Gasteiger partial charge in [0.1, 0.15) is 0 Å². The molecule has 144 valence electrons. The first kappa shape index (κ1) is 20.8. The van der Waals surface area contributed by atoms with Crippen LogP contribution in [0.1, 0.15) is 31.4 Å². The Morgan fingerprint density at radius 2 is 1.74 bits per heavy atom. The number of rotatable bonds is 9. The van der Waals surface area contributed by atoms with E-state index in [0.29, 0.717) is 11.6 Å². The maximum atomic E-state index is 12.3. The Kier molecular flexibility index (Phi) is 8.14.